The molecule has 0 spiro atoms. The van der Waals surface area contributed by atoms with Crippen molar-refractivity contribution in [3.63, 3.8) is 0 Å². The van der Waals surface area contributed by atoms with Gasteiger partial charge in [0, 0.05) is 0 Å². The second kappa shape index (κ2) is 4.50. The van der Waals surface area contributed by atoms with E-state index in [1.807, 2.05) is 24.3 Å². The Kier molecular flexibility index (Phi) is 3.51. The average molecular weight is 227 g/mol. The first-order chi connectivity index (χ1) is 7.36. The zero-order chi connectivity index (χ0) is 12.3. The normalized spacial score (nSPS) is 10.6. The molecule has 16 heavy (non-hydrogen) atoms. The molecule has 0 radical (unpaired) electrons. The van der Waals surface area contributed by atoms with E-state index < -0.39 is 8.07 Å². The van der Waals surface area contributed by atoms with Crippen molar-refractivity contribution in [2.75, 3.05) is 0 Å². The van der Waals surface area contributed by atoms with Crippen molar-refractivity contribution in [2.45, 2.75) is 19.6 Å². The molecule has 0 bridgehead atoms. The minimum absolute atomic E-state index is 0.676. The van der Waals surface area contributed by atoms with Crippen LogP contribution in [-0.4, -0.2) is 8.07 Å². The van der Waals surface area contributed by atoms with Crippen LogP contribution in [0.5, 0.6) is 0 Å². The van der Waals surface area contributed by atoms with Gasteiger partial charge in [0.15, 0.2) is 0 Å². The molecule has 2 heteroatoms. The number of nitrogens with zero attached hydrogens (tertiary/aromatic N) is 1. The number of hydrogen-bond donors (Lipinski definition) is 0. The van der Waals surface area contributed by atoms with Crippen LogP contribution in [0.15, 0.2) is 42.6 Å². The smallest absolute Gasteiger partial charge is 0.0991 e. The number of nitriles is 1. The third-order valence-electron chi connectivity index (χ3n) is 2.63. The zero-order valence-corrected chi connectivity index (χ0v) is 11.2. The third kappa shape index (κ3) is 2.71. The van der Waals surface area contributed by atoms with Crippen LogP contribution < -0.4 is 0 Å². The van der Waals surface area contributed by atoms with Crippen LogP contribution in [-0.2, 0) is 0 Å². The quantitative estimate of drug-likeness (QED) is 0.565. The highest BCUT2D eigenvalue weighted by Crippen LogP contribution is 2.27. The average Bonchev–Trinajstić information content (AvgIpc) is 2.26. The maximum atomic E-state index is 8.72. The van der Waals surface area contributed by atoms with Crippen molar-refractivity contribution in [3.05, 3.63) is 53.7 Å². The van der Waals surface area contributed by atoms with Gasteiger partial charge in [-0.05, 0) is 23.3 Å². The maximum absolute atomic E-state index is 8.72. The van der Waals surface area contributed by atoms with Gasteiger partial charge in [-0.3, -0.25) is 0 Å². The van der Waals surface area contributed by atoms with Gasteiger partial charge in [-0.15, -0.1) is 0 Å². The van der Waals surface area contributed by atoms with E-state index in [4.69, 9.17) is 5.26 Å². The lowest BCUT2D eigenvalue weighted by Crippen LogP contribution is -2.23. The summed E-state index contributed by atoms with van der Waals surface area (Å²) in [4.78, 5) is 0. The van der Waals surface area contributed by atoms with Crippen molar-refractivity contribution in [1.29, 1.82) is 5.26 Å². The predicted octanol–water partition coefficient (Wildman–Crippen LogP) is 4.01. The molecule has 0 aromatic heterocycles. The van der Waals surface area contributed by atoms with Crippen LogP contribution in [0.3, 0.4) is 0 Å². The lowest BCUT2D eigenvalue weighted by Gasteiger charge is -2.21. The fraction of sp³-hybridized carbons (Fsp3) is 0.214. The summed E-state index contributed by atoms with van der Waals surface area (Å²) in [6, 6.07) is 9.62. The molecule has 1 rings (SSSR count). The molecule has 0 unspecified atom stereocenters. The van der Waals surface area contributed by atoms with Gasteiger partial charge in [-0.1, -0.05) is 50.1 Å². The first-order valence-corrected chi connectivity index (χ1v) is 8.75. The van der Waals surface area contributed by atoms with E-state index in [0.717, 1.165) is 16.3 Å². The standard InChI is InChI=1S/C14H17NSi/c1-11(12(2)16(3,4)5)14-8-6-13(10-15)7-9-14/h6-9H,1-2H2,3-5H3. The van der Waals surface area contributed by atoms with Crippen molar-refractivity contribution in [2.24, 2.45) is 0 Å². The Morgan fingerprint density at radius 3 is 2.00 bits per heavy atom. The summed E-state index contributed by atoms with van der Waals surface area (Å²) in [6.45, 7) is 15.0. The minimum atomic E-state index is -1.39. The first kappa shape index (κ1) is 12.5. The highest BCUT2D eigenvalue weighted by molar-refractivity contribution is 6.85. The topological polar surface area (TPSA) is 23.8 Å². The van der Waals surface area contributed by atoms with Crippen molar-refractivity contribution >= 4 is 13.6 Å². The number of rotatable bonds is 3. The Bertz CT molecular complexity index is 455. The highest BCUT2D eigenvalue weighted by atomic mass is 28.3. The molecule has 1 aromatic rings. The molecule has 0 amide bonds. The number of benzene rings is 1. The van der Waals surface area contributed by atoms with Crippen LogP contribution in [0.2, 0.25) is 19.6 Å². The Balaban J connectivity index is 2.99. The van der Waals surface area contributed by atoms with E-state index in [9.17, 15) is 0 Å². The van der Waals surface area contributed by atoms with Gasteiger partial charge in [-0.25, -0.2) is 0 Å². The molecule has 0 atom stereocenters. The van der Waals surface area contributed by atoms with Gasteiger partial charge in [-0.2, -0.15) is 5.26 Å². The second-order valence-electron chi connectivity index (χ2n) is 4.90. The van der Waals surface area contributed by atoms with Gasteiger partial charge < -0.3 is 0 Å². The summed E-state index contributed by atoms with van der Waals surface area (Å²) in [6.07, 6.45) is 0. The summed E-state index contributed by atoms with van der Waals surface area (Å²) < 4.78 is 0. The van der Waals surface area contributed by atoms with Crippen LogP contribution in [0.1, 0.15) is 11.1 Å². The van der Waals surface area contributed by atoms with E-state index in [0.29, 0.717) is 5.56 Å². The Morgan fingerprint density at radius 2 is 1.62 bits per heavy atom. The molecule has 0 saturated heterocycles. The summed E-state index contributed by atoms with van der Waals surface area (Å²) in [7, 11) is -1.39. The van der Waals surface area contributed by atoms with Crippen LogP contribution in [0.4, 0.5) is 0 Å². The number of allylic oxidation sites excluding steroid dienone is 2. The molecular formula is C14H17NSi. The second-order valence-corrected chi connectivity index (χ2v) is 10.00. The van der Waals surface area contributed by atoms with E-state index >= 15 is 0 Å². The van der Waals surface area contributed by atoms with E-state index in [1.165, 1.54) is 0 Å². The van der Waals surface area contributed by atoms with E-state index in [-0.39, 0.29) is 0 Å². The van der Waals surface area contributed by atoms with Gasteiger partial charge >= 0.3 is 0 Å². The summed E-state index contributed by atoms with van der Waals surface area (Å²) in [5.41, 5.74) is 2.74. The number of hydrogen-bond acceptors (Lipinski definition) is 1. The molecule has 0 heterocycles. The molecule has 1 aromatic carbocycles. The van der Waals surface area contributed by atoms with Gasteiger partial charge in [0.1, 0.15) is 0 Å². The fourth-order valence-electron chi connectivity index (χ4n) is 1.37. The highest BCUT2D eigenvalue weighted by Gasteiger charge is 2.20. The minimum Gasteiger partial charge on any atom is -0.192 e. The predicted molar refractivity (Wildman–Crippen MR) is 72.7 cm³/mol. The lowest BCUT2D eigenvalue weighted by atomic mass is 10.1. The molecule has 0 fully saturated rings. The molecule has 0 saturated carbocycles. The summed E-state index contributed by atoms with van der Waals surface area (Å²) in [5.74, 6) is 0. The Hall–Kier alpha value is -1.59. The van der Waals surface area contributed by atoms with Crippen molar-refractivity contribution in [1.82, 2.24) is 0 Å². The fourth-order valence-corrected chi connectivity index (χ4v) is 2.42. The largest absolute Gasteiger partial charge is 0.192 e. The van der Waals surface area contributed by atoms with Gasteiger partial charge in [0.05, 0.1) is 19.7 Å². The molecular weight excluding hydrogens is 210 g/mol. The molecule has 0 aliphatic rings. The third-order valence-corrected chi connectivity index (χ3v) is 4.74. The maximum Gasteiger partial charge on any atom is 0.0991 e. The van der Waals surface area contributed by atoms with Gasteiger partial charge in [0.2, 0.25) is 0 Å². The summed E-state index contributed by atoms with van der Waals surface area (Å²) in [5, 5.41) is 9.89. The lowest BCUT2D eigenvalue weighted by molar-refractivity contribution is 1.47. The van der Waals surface area contributed by atoms with Crippen molar-refractivity contribution < 1.29 is 0 Å². The molecule has 1 nitrogen and oxygen atoms in total. The summed E-state index contributed by atoms with van der Waals surface area (Å²) >= 11 is 0. The van der Waals surface area contributed by atoms with Gasteiger partial charge in [0.25, 0.3) is 0 Å². The molecule has 0 N–H and O–H groups in total. The monoisotopic (exact) mass is 227 g/mol. The van der Waals surface area contributed by atoms with E-state index in [2.05, 4.69) is 38.9 Å². The zero-order valence-electron chi connectivity index (χ0n) is 10.2. The molecule has 82 valence electrons. The molecule has 0 aliphatic carbocycles. The van der Waals surface area contributed by atoms with Crippen LogP contribution in [0, 0.1) is 11.3 Å². The first-order valence-electron chi connectivity index (χ1n) is 5.25. The van der Waals surface area contributed by atoms with E-state index in [1.54, 1.807) is 0 Å². The Labute approximate surface area is 98.7 Å². The molecule has 0 aliphatic heterocycles. The van der Waals surface area contributed by atoms with Crippen LogP contribution >= 0.6 is 0 Å². The van der Waals surface area contributed by atoms with Crippen LogP contribution in [0.25, 0.3) is 5.57 Å². The SMILES string of the molecule is C=C(C(=C)[Si](C)(C)C)c1ccc(C#N)cc1. The van der Waals surface area contributed by atoms with Crippen molar-refractivity contribution in [3.8, 4) is 6.07 Å². The Morgan fingerprint density at radius 1 is 1.12 bits per heavy atom.